The lowest BCUT2D eigenvalue weighted by Gasteiger charge is -2.31. The Labute approximate surface area is 167 Å². The van der Waals surface area contributed by atoms with Crippen LogP contribution in [0.3, 0.4) is 0 Å². The molecule has 0 bridgehead atoms. The maximum absolute atomic E-state index is 13.1. The van der Waals surface area contributed by atoms with Crippen molar-refractivity contribution in [2.75, 3.05) is 24.5 Å². The third-order valence-corrected chi connectivity index (χ3v) is 6.14. The fraction of sp³-hybridized carbons (Fsp3) is 0.417. The fourth-order valence-corrected chi connectivity index (χ4v) is 4.47. The first-order valence-electron chi connectivity index (χ1n) is 10.4. The van der Waals surface area contributed by atoms with E-state index >= 15 is 0 Å². The third-order valence-electron chi connectivity index (χ3n) is 6.14. The molecule has 4 heteroatoms. The maximum Gasteiger partial charge on any atom is 0.258 e. The molecule has 2 aromatic carbocycles. The van der Waals surface area contributed by atoms with Crippen molar-refractivity contribution in [3.8, 4) is 0 Å². The Morgan fingerprint density at radius 2 is 1.68 bits per heavy atom. The highest BCUT2D eigenvalue weighted by Gasteiger charge is 2.24. The summed E-state index contributed by atoms with van der Waals surface area (Å²) in [6.07, 6.45) is 5.20. The number of fused-ring (bicyclic) bond motifs is 1. The van der Waals surface area contributed by atoms with Gasteiger partial charge >= 0.3 is 0 Å². The second-order valence-corrected chi connectivity index (χ2v) is 8.04. The van der Waals surface area contributed by atoms with Gasteiger partial charge in [0.05, 0.1) is 0 Å². The van der Waals surface area contributed by atoms with Crippen molar-refractivity contribution in [3.63, 3.8) is 0 Å². The van der Waals surface area contributed by atoms with Crippen LogP contribution in [0.4, 0.5) is 5.69 Å². The molecule has 0 spiro atoms. The Kier molecular flexibility index (Phi) is 5.47. The number of likely N-dealkylation sites (tertiary alicyclic amines) is 1. The van der Waals surface area contributed by atoms with Crippen LogP contribution in [0.15, 0.2) is 48.5 Å². The number of anilines is 1. The van der Waals surface area contributed by atoms with Crippen LogP contribution in [-0.4, -0.2) is 36.3 Å². The van der Waals surface area contributed by atoms with Gasteiger partial charge in [-0.1, -0.05) is 30.3 Å². The maximum atomic E-state index is 13.1. The SMILES string of the molecule is CC(=O)N1CCC(Cc2ccc(C(=O)N3CCCc4ccccc43)cc2)CC1. The van der Waals surface area contributed by atoms with E-state index in [2.05, 4.69) is 18.2 Å². The Morgan fingerprint density at radius 1 is 0.964 bits per heavy atom. The number of rotatable bonds is 3. The van der Waals surface area contributed by atoms with Crippen molar-refractivity contribution in [1.29, 1.82) is 0 Å². The number of hydrogen-bond acceptors (Lipinski definition) is 2. The van der Waals surface area contributed by atoms with E-state index in [0.717, 1.165) is 63.0 Å². The van der Waals surface area contributed by atoms with E-state index < -0.39 is 0 Å². The van der Waals surface area contributed by atoms with E-state index in [0.29, 0.717) is 5.92 Å². The molecule has 146 valence electrons. The number of carbonyl (C=O) groups excluding carboxylic acids is 2. The lowest BCUT2D eigenvalue weighted by atomic mass is 9.90. The molecule has 0 aromatic heterocycles. The van der Waals surface area contributed by atoms with Crippen LogP contribution in [0.1, 0.15) is 47.7 Å². The number of para-hydroxylation sites is 1. The predicted octanol–water partition coefficient (Wildman–Crippen LogP) is 4.08. The average Bonchev–Trinajstić information content (AvgIpc) is 2.74. The van der Waals surface area contributed by atoms with E-state index in [1.54, 1.807) is 6.92 Å². The number of hydrogen-bond donors (Lipinski definition) is 0. The number of piperidine rings is 1. The number of amides is 2. The highest BCUT2D eigenvalue weighted by atomic mass is 16.2. The molecule has 2 aliphatic heterocycles. The molecular weight excluding hydrogens is 348 g/mol. The molecule has 1 saturated heterocycles. The molecule has 0 aliphatic carbocycles. The number of carbonyl (C=O) groups is 2. The van der Waals surface area contributed by atoms with Gasteiger partial charge in [-0.15, -0.1) is 0 Å². The van der Waals surface area contributed by atoms with Crippen LogP contribution in [-0.2, 0) is 17.6 Å². The number of benzene rings is 2. The quantitative estimate of drug-likeness (QED) is 0.810. The van der Waals surface area contributed by atoms with Crippen LogP contribution in [0.2, 0.25) is 0 Å². The number of aryl methyl sites for hydroxylation is 1. The van der Waals surface area contributed by atoms with Gasteiger partial charge in [-0.3, -0.25) is 9.59 Å². The molecule has 2 amide bonds. The summed E-state index contributed by atoms with van der Waals surface area (Å²) in [6.45, 7) is 4.17. The van der Waals surface area contributed by atoms with Gasteiger partial charge in [0.1, 0.15) is 0 Å². The minimum absolute atomic E-state index is 0.0912. The zero-order valence-electron chi connectivity index (χ0n) is 16.6. The molecule has 28 heavy (non-hydrogen) atoms. The summed E-state index contributed by atoms with van der Waals surface area (Å²) in [6, 6.07) is 16.4. The highest BCUT2D eigenvalue weighted by Crippen LogP contribution is 2.28. The minimum atomic E-state index is 0.0912. The molecule has 2 heterocycles. The molecule has 4 nitrogen and oxygen atoms in total. The smallest absolute Gasteiger partial charge is 0.258 e. The molecule has 0 N–H and O–H groups in total. The largest absolute Gasteiger partial charge is 0.343 e. The Hall–Kier alpha value is -2.62. The van der Waals surface area contributed by atoms with Gasteiger partial charge in [0.2, 0.25) is 5.91 Å². The first-order valence-corrected chi connectivity index (χ1v) is 10.4. The lowest BCUT2D eigenvalue weighted by molar-refractivity contribution is -0.130. The molecule has 0 saturated carbocycles. The van der Waals surface area contributed by atoms with Gasteiger partial charge in [-0.2, -0.15) is 0 Å². The van der Waals surface area contributed by atoms with Crippen LogP contribution < -0.4 is 4.90 Å². The monoisotopic (exact) mass is 376 g/mol. The van der Waals surface area contributed by atoms with Crippen LogP contribution in [0, 0.1) is 5.92 Å². The van der Waals surface area contributed by atoms with Crippen molar-refractivity contribution in [3.05, 3.63) is 65.2 Å². The Bertz CT molecular complexity index is 851. The van der Waals surface area contributed by atoms with Crippen LogP contribution in [0.5, 0.6) is 0 Å². The standard InChI is InChI=1S/C24H28N2O2/c1-18(27)25-15-12-20(13-16-25)17-19-8-10-22(11-9-19)24(28)26-14-4-6-21-5-2-3-7-23(21)26/h2-3,5,7-11,20H,4,6,12-17H2,1H3. The zero-order chi connectivity index (χ0) is 19.5. The third kappa shape index (κ3) is 3.96. The Morgan fingerprint density at radius 3 is 2.39 bits per heavy atom. The van der Waals surface area contributed by atoms with E-state index in [-0.39, 0.29) is 11.8 Å². The predicted molar refractivity (Wildman–Crippen MR) is 112 cm³/mol. The average molecular weight is 377 g/mol. The molecule has 0 atom stereocenters. The summed E-state index contributed by atoms with van der Waals surface area (Å²) in [7, 11) is 0. The van der Waals surface area contributed by atoms with Gasteiger partial charge in [-0.05, 0) is 67.3 Å². The van der Waals surface area contributed by atoms with Crippen molar-refractivity contribution >= 4 is 17.5 Å². The summed E-state index contributed by atoms with van der Waals surface area (Å²) in [5.41, 5.74) is 4.35. The molecule has 2 aromatic rings. The lowest BCUT2D eigenvalue weighted by Crippen LogP contribution is -2.37. The second-order valence-electron chi connectivity index (χ2n) is 8.04. The summed E-state index contributed by atoms with van der Waals surface area (Å²) in [5.74, 6) is 0.889. The molecule has 1 fully saturated rings. The van der Waals surface area contributed by atoms with Crippen LogP contribution >= 0.6 is 0 Å². The summed E-state index contributed by atoms with van der Waals surface area (Å²) in [4.78, 5) is 28.4. The van der Waals surface area contributed by atoms with E-state index in [1.165, 1.54) is 11.1 Å². The fourth-order valence-electron chi connectivity index (χ4n) is 4.47. The molecule has 0 unspecified atom stereocenters. The van der Waals surface area contributed by atoms with Gasteiger partial charge < -0.3 is 9.80 Å². The minimum Gasteiger partial charge on any atom is -0.343 e. The van der Waals surface area contributed by atoms with Crippen LogP contribution in [0.25, 0.3) is 0 Å². The van der Waals surface area contributed by atoms with Gasteiger partial charge in [0, 0.05) is 37.8 Å². The van der Waals surface area contributed by atoms with Crippen molar-refractivity contribution in [2.45, 2.75) is 39.0 Å². The van der Waals surface area contributed by atoms with E-state index in [4.69, 9.17) is 0 Å². The normalized spacial score (nSPS) is 17.3. The van der Waals surface area contributed by atoms with E-state index in [9.17, 15) is 9.59 Å². The van der Waals surface area contributed by atoms with Gasteiger partial charge in [0.25, 0.3) is 5.91 Å². The van der Waals surface area contributed by atoms with Crippen molar-refractivity contribution in [1.82, 2.24) is 4.90 Å². The Balaban J connectivity index is 1.40. The zero-order valence-corrected chi connectivity index (χ0v) is 16.6. The molecular formula is C24H28N2O2. The van der Waals surface area contributed by atoms with Gasteiger partial charge in [0.15, 0.2) is 0 Å². The van der Waals surface area contributed by atoms with Gasteiger partial charge in [-0.25, -0.2) is 0 Å². The summed E-state index contributed by atoms with van der Waals surface area (Å²) < 4.78 is 0. The first kappa shape index (κ1) is 18.7. The van der Waals surface area contributed by atoms with E-state index in [1.807, 2.05) is 40.1 Å². The van der Waals surface area contributed by atoms with Crippen molar-refractivity contribution < 1.29 is 9.59 Å². The summed E-state index contributed by atoms with van der Waals surface area (Å²) >= 11 is 0. The molecule has 0 radical (unpaired) electrons. The first-order chi connectivity index (χ1) is 13.6. The van der Waals surface area contributed by atoms with Crippen molar-refractivity contribution in [2.24, 2.45) is 5.92 Å². The second kappa shape index (κ2) is 8.17. The number of nitrogens with zero attached hydrogens (tertiary/aromatic N) is 2. The topological polar surface area (TPSA) is 40.6 Å². The molecule has 2 aliphatic rings. The molecule has 4 rings (SSSR count). The summed E-state index contributed by atoms with van der Waals surface area (Å²) in [5, 5.41) is 0. The highest BCUT2D eigenvalue weighted by molar-refractivity contribution is 6.06.